The third-order valence-corrected chi connectivity index (χ3v) is 2.87. The van der Waals surface area contributed by atoms with Crippen molar-refractivity contribution >= 4 is 21.5 Å². The summed E-state index contributed by atoms with van der Waals surface area (Å²) in [7, 11) is -3.32. The van der Waals surface area contributed by atoms with Gasteiger partial charge in [0, 0.05) is 6.26 Å². The first-order valence-electron chi connectivity index (χ1n) is 4.46. The normalized spacial score (nSPS) is 13.1. The van der Waals surface area contributed by atoms with Gasteiger partial charge < -0.3 is 10.4 Å². The fourth-order valence-corrected chi connectivity index (χ4v) is 1.56. The van der Waals surface area contributed by atoms with E-state index in [1.54, 1.807) is 0 Å². The Kier molecular flexibility index (Phi) is 3.48. The van der Waals surface area contributed by atoms with Gasteiger partial charge in [-0.05, 0) is 19.1 Å². The molecule has 6 nitrogen and oxygen atoms in total. The molecular formula is C9H12N2O4S. The maximum absolute atomic E-state index is 11.1. The van der Waals surface area contributed by atoms with Crippen LogP contribution in [0.4, 0.5) is 5.69 Å². The minimum Gasteiger partial charge on any atom is -0.480 e. The maximum Gasteiger partial charge on any atom is 0.325 e. The van der Waals surface area contributed by atoms with Crippen LogP contribution in [0.3, 0.4) is 0 Å². The molecule has 0 fully saturated rings. The number of anilines is 1. The lowest BCUT2D eigenvalue weighted by molar-refractivity contribution is -0.137. The molecular weight excluding hydrogens is 232 g/mol. The van der Waals surface area contributed by atoms with Crippen LogP contribution in [0.5, 0.6) is 0 Å². The molecule has 0 radical (unpaired) electrons. The largest absolute Gasteiger partial charge is 0.480 e. The summed E-state index contributed by atoms with van der Waals surface area (Å²) in [6.07, 6.45) is 2.35. The molecule has 0 aliphatic heterocycles. The highest BCUT2D eigenvalue weighted by atomic mass is 32.2. The SMILES string of the molecule is CC(Nc1ccc(S(C)(=O)=O)nc1)C(=O)O. The number of nitrogens with one attached hydrogen (secondary N) is 1. The third-order valence-electron chi connectivity index (χ3n) is 1.87. The Morgan fingerprint density at radius 2 is 2.12 bits per heavy atom. The van der Waals surface area contributed by atoms with Crippen LogP contribution in [0.25, 0.3) is 0 Å². The summed E-state index contributed by atoms with van der Waals surface area (Å²) in [5.41, 5.74) is 0.460. The number of hydrogen-bond acceptors (Lipinski definition) is 5. The number of rotatable bonds is 4. The zero-order chi connectivity index (χ0) is 12.3. The number of nitrogens with zero attached hydrogens (tertiary/aromatic N) is 1. The number of carboxylic acid groups (broad SMARTS) is 1. The predicted molar refractivity (Wildman–Crippen MR) is 58.1 cm³/mol. The van der Waals surface area contributed by atoms with Crippen molar-refractivity contribution in [3.63, 3.8) is 0 Å². The second-order valence-electron chi connectivity index (χ2n) is 3.36. The van der Waals surface area contributed by atoms with Crippen LogP contribution in [0.1, 0.15) is 6.92 Å². The quantitative estimate of drug-likeness (QED) is 0.794. The first kappa shape index (κ1) is 12.4. The van der Waals surface area contributed by atoms with Crippen molar-refractivity contribution in [1.29, 1.82) is 0 Å². The van der Waals surface area contributed by atoms with Crippen LogP contribution < -0.4 is 5.32 Å². The monoisotopic (exact) mass is 244 g/mol. The van der Waals surface area contributed by atoms with Crippen molar-refractivity contribution in [1.82, 2.24) is 4.98 Å². The summed E-state index contributed by atoms with van der Waals surface area (Å²) in [4.78, 5) is 14.3. The Labute approximate surface area is 93.2 Å². The summed E-state index contributed by atoms with van der Waals surface area (Å²) in [5, 5.41) is 11.3. The lowest BCUT2D eigenvalue weighted by atomic mass is 10.3. The van der Waals surface area contributed by atoms with Crippen LogP contribution in [0.15, 0.2) is 23.4 Å². The van der Waals surface area contributed by atoms with Crippen molar-refractivity contribution in [2.45, 2.75) is 18.0 Å². The van der Waals surface area contributed by atoms with Gasteiger partial charge in [0.15, 0.2) is 14.9 Å². The molecule has 16 heavy (non-hydrogen) atoms. The van der Waals surface area contributed by atoms with Crippen LogP contribution >= 0.6 is 0 Å². The van der Waals surface area contributed by atoms with Gasteiger partial charge in [0.25, 0.3) is 0 Å². The number of hydrogen-bond donors (Lipinski definition) is 2. The summed E-state index contributed by atoms with van der Waals surface area (Å²) >= 11 is 0. The Hall–Kier alpha value is -1.63. The number of sulfone groups is 1. The maximum atomic E-state index is 11.1. The minimum absolute atomic E-state index is 0.0407. The van der Waals surface area contributed by atoms with Gasteiger partial charge in [0.1, 0.15) is 6.04 Å². The average molecular weight is 244 g/mol. The third kappa shape index (κ3) is 3.20. The summed E-state index contributed by atoms with van der Waals surface area (Å²) in [5.74, 6) is -0.993. The van der Waals surface area contributed by atoms with E-state index in [4.69, 9.17) is 5.11 Å². The molecule has 0 amide bonds. The molecule has 0 aromatic carbocycles. The molecule has 2 N–H and O–H groups in total. The van der Waals surface area contributed by atoms with Gasteiger partial charge in [-0.25, -0.2) is 13.4 Å². The van der Waals surface area contributed by atoms with E-state index in [0.717, 1.165) is 6.26 Å². The van der Waals surface area contributed by atoms with Crippen LogP contribution in [0.2, 0.25) is 0 Å². The predicted octanol–water partition coefficient (Wildman–Crippen LogP) is 0.370. The molecule has 0 saturated heterocycles. The van der Waals surface area contributed by atoms with Crippen LogP contribution in [-0.2, 0) is 14.6 Å². The first-order valence-corrected chi connectivity index (χ1v) is 6.35. The highest BCUT2D eigenvalue weighted by Gasteiger charge is 2.12. The number of carbonyl (C=O) groups is 1. The average Bonchev–Trinajstić information content (AvgIpc) is 2.17. The van der Waals surface area contributed by atoms with Gasteiger partial charge in [-0.1, -0.05) is 0 Å². The van der Waals surface area contributed by atoms with Crippen molar-refractivity contribution in [3.05, 3.63) is 18.3 Å². The van der Waals surface area contributed by atoms with E-state index in [2.05, 4.69) is 10.3 Å². The molecule has 1 unspecified atom stereocenters. The topological polar surface area (TPSA) is 96.4 Å². The van der Waals surface area contributed by atoms with Crippen molar-refractivity contribution in [2.24, 2.45) is 0 Å². The van der Waals surface area contributed by atoms with Crippen molar-refractivity contribution in [2.75, 3.05) is 11.6 Å². The van der Waals surface area contributed by atoms with Gasteiger partial charge in [0.2, 0.25) is 0 Å². The molecule has 0 aliphatic rings. The van der Waals surface area contributed by atoms with E-state index in [1.807, 2.05) is 0 Å². The molecule has 0 bridgehead atoms. The van der Waals surface area contributed by atoms with Crippen LogP contribution in [-0.4, -0.2) is 36.8 Å². The molecule has 0 saturated carbocycles. The molecule has 1 rings (SSSR count). The van der Waals surface area contributed by atoms with Gasteiger partial charge in [-0.3, -0.25) is 4.79 Å². The molecule has 7 heteroatoms. The van der Waals surface area contributed by atoms with Gasteiger partial charge in [-0.15, -0.1) is 0 Å². The highest BCUT2D eigenvalue weighted by molar-refractivity contribution is 7.90. The molecule has 0 spiro atoms. The highest BCUT2D eigenvalue weighted by Crippen LogP contribution is 2.11. The van der Waals surface area contributed by atoms with E-state index >= 15 is 0 Å². The van der Waals surface area contributed by atoms with Crippen molar-refractivity contribution in [3.8, 4) is 0 Å². The fraction of sp³-hybridized carbons (Fsp3) is 0.333. The second-order valence-corrected chi connectivity index (χ2v) is 5.32. The summed E-state index contributed by atoms with van der Waals surface area (Å²) in [6, 6.07) is 2.04. The lowest BCUT2D eigenvalue weighted by Crippen LogP contribution is -2.25. The minimum atomic E-state index is -3.32. The Bertz CT molecular complexity index is 481. The number of pyridine rings is 1. The van der Waals surface area contributed by atoms with E-state index in [1.165, 1.54) is 25.3 Å². The summed E-state index contributed by atoms with van der Waals surface area (Å²) in [6.45, 7) is 1.48. The number of carboxylic acids is 1. The smallest absolute Gasteiger partial charge is 0.325 e. The first-order chi connectivity index (χ1) is 7.30. The van der Waals surface area contributed by atoms with Gasteiger partial charge in [0.05, 0.1) is 11.9 Å². The second kappa shape index (κ2) is 4.48. The van der Waals surface area contributed by atoms with Gasteiger partial charge >= 0.3 is 5.97 Å². The van der Waals surface area contributed by atoms with E-state index in [-0.39, 0.29) is 5.03 Å². The van der Waals surface area contributed by atoms with E-state index in [0.29, 0.717) is 5.69 Å². The number of aliphatic carboxylic acids is 1. The standard InChI is InChI=1S/C9H12N2O4S/c1-6(9(12)13)11-7-3-4-8(10-5-7)16(2,14)15/h3-6,11H,1-2H3,(H,12,13). The summed E-state index contributed by atoms with van der Waals surface area (Å²) < 4.78 is 22.2. The molecule has 1 aromatic rings. The van der Waals surface area contributed by atoms with Gasteiger partial charge in [-0.2, -0.15) is 0 Å². The Morgan fingerprint density at radius 1 is 1.50 bits per heavy atom. The zero-order valence-corrected chi connectivity index (χ0v) is 9.65. The van der Waals surface area contributed by atoms with E-state index < -0.39 is 21.8 Å². The molecule has 1 atom stereocenters. The molecule has 0 aliphatic carbocycles. The lowest BCUT2D eigenvalue weighted by Gasteiger charge is -2.10. The fourth-order valence-electron chi connectivity index (χ4n) is 0.997. The van der Waals surface area contributed by atoms with Crippen molar-refractivity contribution < 1.29 is 18.3 Å². The molecule has 88 valence electrons. The Balaban J connectivity index is 2.84. The molecule has 1 heterocycles. The van der Waals surface area contributed by atoms with E-state index in [9.17, 15) is 13.2 Å². The zero-order valence-electron chi connectivity index (χ0n) is 8.84. The van der Waals surface area contributed by atoms with Crippen LogP contribution in [0, 0.1) is 0 Å². The Morgan fingerprint density at radius 3 is 2.50 bits per heavy atom. The number of aromatic nitrogens is 1. The molecule has 1 aromatic heterocycles.